The van der Waals surface area contributed by atoms with Crippen molar-refractivity contribution in [2.45, 2.75) is 38.6 Å². The minimum Gasteiger partial charge on any atom is -0.365 e. The number of carbonyl (C=O) groups is 2. The lowest BCUT2D eigenvalue weighted by molar-refractivity contribution is -0.126. The SMILES string of the molecule is O=C(NCc1ccccc1)C1CCN(C(=O)c2ncn3c2COC(c2ccc(Cl)cc2)C3)CC1. The number of aromatic nitrogens is 2. The maximum absolute atomic E-state index is 13.2. The van der Waals surface area contributed by atoms with Crippen molar-refractivity contribution >= 4 is 23.4 Å². The van der Waals surface area contributed by atoms with E-state index in [9.17, 15) is 9.59 Å². The molecule has 2 aliphatic heterocycles. The van der Waals surface area contributed by atoms with E-state index >= 15 is 0 Å². The van der Waals surface area contributed by atoms with Crippen LogP contribution < -0.4 is 5.32 Å². The van der Waals surface area contributed by atoms with Gasteiger partial charge in [-0.3, -0.25) is 9.59 Å². The van der Waals surface area contributed by atoms with E-state index in [2.05, 4.69) is 10.3 Å². The first kappa shape index (κ1) is 22.6. The standard InChI is InChI=1S/C26H27ClN4O3/c27-21-8-6-19(7-9-21)23-15-31-17-29-24(22(31)16-34-23)26(33)30-12-10-20(11-13-30)25(32)28-14-18-4-2-1-3-5-18/h1-9,17,20,23H,10-16H2,(H,28,32). The molecule has 7 nitrogen and oxygen atoms in total. The number of amides is 2. The van der Waals surface area contributed by atoms with E-state index in [1.54, 1.807) is 11.2 Å². The minimum absolute atomic E-state index is 0.0527. The molecule has 1 fully saturated rings. The highest BCUT2D eigenvalue weighted by atomic mass is 35.5. The second kappa shape index (κ2) is 9.99. The molecule has 3 aromatic rings. The zero-order valence-electron chi connectivity index (χ0n) is 18.8. The summed E-state index contributed by atoms with van der Waals surface area (Å²) < 4.78 is 8.05. The summed E-state index contributed by atoms with van der Waals surface area (Å²) in [7, 11) is 0. The summed E-state index contributed by atoms with van der Waals surface area (Å²) in [5.74, 6) is -0.116. The van der Waals surface area contributed by atoms with E-state index in [1.165, 1.54) is 0 Å². The first-order chi connectivity index (χ1) is 16.6. The maximum atomic E-state index is 13.2. The topological polar surface area (TPSA) is 76.5 Å². The number of benzene rings is 2. The molecule has 34 heavy (non-hydrogen) atoms. The van der Waals surface area contributed by atoms with Gasteiger partial charge in [0.15, 0.2) is 5.69 Å². The van der Waals surface area contributed by atoms with Gasteiger partial charge in [0.2, 0.25) is 5.91 Å². The smallest absolute Gasteiger partial charge is 0.274 e. The molecule has 176 valence electrons. The summed E-state index contributed by atoms with van der Waals surface area (Å²) in [6.45, 7) is 2.54. The molecule has 0 spiro atoms. The normalized spacial score (nSPS) is 18.4. The average Bonchev–Trinajstić information content (AvgIpc) is 3.31. The van der Waals surface area contributed by atoms with Crippen LogP contribution in [0.1, 0.15) is 46.3 Å². The minimum atomic E-state index is -0.105. The van der Waals surface area contributed by atoms with Crippen molar-refractivity contribution in [1.29, 1.82) is 0 Å². The number of rotatable bonds is 5. The van der Waals surface area contributed by atoms with Gasteiger partial charge < -0.3 is 19.5 Å². The summed E-state index contributed by atoms with van der Waals surface area (Å²) >= 11 is 5.99. The molecular weight excluding hydrogens is 452 g/mol. The number of hydrogen-bond acceptors (Lipinski definition) is 4. The lowest BCUT2D eigenvalue weighted by Crippen LogP contribution is -2.43. The molecule has 1 unspecified atom stereocenters. The number of carbonyl (C=O) groups excluding carboxylic acids is 2. The monoisotopic (exact) mass is 478 g/mol. The van der Waals surface area contributed by atoms with Crippen molar-refractivity contribution in [2.75, 3.05) is 13.1 Å². The number of ether oxygens (including phenoxy) is 1. The molecule has 8 heteroatoms. The summed E-state index contributed by atoms with van der Waals surface area (Å²) in [5.41, 5.74) is 3.37. The molecule has 2 aliphatic rings. The van der Waals surface area contributed by atoms with Crippen LogP contribution in [0, 0.1) is 5.92 Å². The highest BCUT2D eigenvalue weighted by molar-refractivity contribution is 6.30. The fraction of sp³-hybridized carbons (Fsp3) is 0.346. The van der Waals surface area contributed by atoms with E-state index < -0.39 is 0 Å². The molecular formula is C26H27ClN4O3. The van der Waals surface area contributed by atoms with Crippen LogP contribution in [0.2, 0.25) is 5.02 Å². The second-order valence-corrected chi connectivity index (χ2v) is 9.25. The van der Waals surface area contributed by atoms with Crippen molar-refractivity contribution < 1.29 is 14.3 Å². The number of imidazole rings is 1. The number of piperidine rings is 1. The number of halogens is 1. The predicted octanol–water partition coefficient (Wildman–Crippen LogP) is 3.98. The number of fused-ring (bicyclic) bond motifs is 1. The molecule has 1 aromatic heterocycles. The molecule has 5 rings (SSSR count). The van der Waals surface area contributed by atoms with Crippen LogP contribution >= 0.6 is 11.6 Å². The Morgan fingerprint density at radius 1 is 1.06 bits per heavy atom. The predicted molar refractivity (Wildman–Crippen MR) is 128 cm³/mol. The highest BCUT2D eigenvalue weighted by Gasteiger charge is 2.32. The van der Waals surface area contributed by atoms with Gasteiger partial charge >= 0.3 is 0 Å². The van der Waals surface area contributed by atoms with Crippen LogP contribution in [0.15, 0.2) is 60.9 Å². The highest BCUT2D eigenvalue weighted by Crippen LogP contribution is 2.29. The third-order valence-corrected chi connectivity index (χ3v) is 6.89. The lowest BCUT2D eigenvalue weighted by atomic mass is 9.95. The number of likely N-dealkylation sites (tertiary alicyclic amines) is 1. The second-order valence-electron chi connectivity index (χ2n) is 8.81. The Bertz CT molecular complexity index is 1150. The molecule has 2 amide bonds. The van der Waals surface area contributed by atoms with Crippen molar-refractivity contribution in [3.05, 3.63) is 88.5 Å². The van der Waals surface area contributed by atoms with Crippen LogP contribution in [0.25, 0.3) is 0 Å². The van der Waals surface area contributed by atoms with Crippen LogP contribution in [0.5, 0.6) is 0 Å². The molecule has 2 aromatic carbocycles. The third kappa shape index (κ3) is 4.86. The third-order valence-electron chi connectivity index (χ3n) is 6.64. The lowest BCUT2D eigenvalue weighted by Gasteiger charge is -2.31. The number of nitrogens with one attached hydrogen (secondary N) is 1. The summed E-state index contributed by atoms with van der Waals surface area (Å²) in [5, 5.41) is 3.71. The van der Waals surface area contributed by atoms with Gasteiger partial charge in [-0.15, -0.1) is 0 Å². The van der Waals surface area contributed by atoms with E-state index in [0.717, 1.165) is 16.8 Å². The van der Waals surface area contributed by atoms with E-state index in [4.69, 9.17) is 16.3 Å². The van der Waals surface area contributed by atoms with E-state index in [1.807, 2.05) is 59.2 Å². The van der Waals surface area contributed by atoms with Gasteiger partial charge in [0.1, 0.15) is 6.10 Å². The van der Waals surface area contributed by atoms with Crippen molar-refractivity contribution in [2.24, 2.45) is 5.92 Å². The zero-order chi connectivity index (χ0) is 23.5. The zero-order valence-corrected chi connectivity index (χ0v) is 19.6. The Morgan fingerprint density at radius 2 is 1.79 bits per heavy atom. The van der Waals surface area contributed by atoms with Crippen molar-refractivity contribution in [3.8, 4) is 0 Å². The van der Waals surface area contributed by atoms with Crippen LogP contribution in [-0.2, 0) is 29.2 Å². The Balaban J connectivity index is 1.16. The fourth-order valence-corrected chi connectivity index (χ4v) is 4.73. The summed E-state index contributed by atoms with van der Waals surface area (Å²) in [4.78, 5) is 32.0. The molecule has 0 bridgehead atoms. The average molecular weight is 479 g/mol. The largest absolute Gasteiger partial charge is 0.365 e. The Labute approximate surface area is 203 Å². The van der Waals surface area contributed by atoms with Gasteiger partial charge in [-0.25, -0.2) is 4.98 Å². The molecule has 0 saturated carbocycles. The Kier molecular flexibility index (Phi) is 6.65. The first-order valence-corrected chi connectivity index (χ1v) is 12.0. The van der Waals surface area contributed by atoms with Crippen LogP contribution in [0.4, 0.5) is 0 Å². The fourth-order valence-electron chi connectivity index (χ4n) is 4.61. The molecule has 1 N–H and O–H groups in total. The van der Waals surface area contributed by atoms with Crippen molar-refractivity contribution in [3.63, 3.8) is 0 Å². The van der Waals surface area contributed by atoms with Gasteiger partial charge in [-0.2, -0.15) is 0 Å². The van der Waals surface area contributed by atoms with E-state index in [-0.39, 0.29) is 23.8 Å². The molecule has 3 heterocycles. The molecule has 1 atom stereocenters. The summed E-state index contributed by atoms with van der Waals surface area (Å²) in [6.07, 6.45) is 2.92. The van der Waals surface area contributed by atoms with Gasteiger partial charge in [0, 0.05) is 30.6 Å². The number of nitrogens with zero attached hydrogens (tertiary/aromatic N) is 3. The van der Waals surface area contributed by atoms with Gasteiger partial charge in [-0.05, 0) is 36.1 Å². The van der Waals surface area contributed by atoms with Gasteiger partial charge in [0.25, 0.3) is 5.91 Å². The quantitative estimate of drug-likeness (QED) is 0.602. The summed E-state index contributed by atoms with van der Waals surface area (Å²) in [6, 6.07) is 17.5. The first-order valence-electron chi connectivity index (χ1n) is 11.6. The Hall–Kier alpha value is -3.16. The Morgan fingerprint density at radius 3 is 2.53 bits per heavy atom. The van der Waals surface area contributed by atoms with Crippen molar-refractivity contribution in [1.82, 2.24) is 19.8 Å². The van der Waals surface area contributed by atoms with Gasteiger partial charge in [0.05, 0.1) is 25.2 Å². The van der Waals surface area contributed by atoms with Crippen LogP contribution in [-0.4, -0.2) is 39.4 Å². The molecule has 1 saturated heterocycles. The number of hydrogen-bond donors (Lipinski definition) is 1. The molecule has 0 aliphatic carbocycles. The van der Waals surface area contributed by atoms with Crippen LogP contribution in [0.3, 0.4) is 0 Å². The maximum Gasteiger partial charge on any atom is 0.274 e. The molecule has 0 radical (unpaired) electrons. The van der Waals surface area contributed by atoms with Gasteiger partial charge in [-0.1, -0.05) is 54.1 Å². The van der Waals surface area contributed by atoms with E-state index in [0.29, 0.717) is 56.3 Å².